The summed E-state index contributed by atoms with van der Waals surface area (Å²) in [7, 11) is 0. The van der Waals surface area contributed by atoms with Crippen LogP contribution in [-0.2, 0) is 9.53 Å². The minimum absolute atomic E-state index is 0.0355. The number of fused-ring (bicyclic) bond motifs is 7. The van der Waals surface area contributed by atoms with Gasteiger partial charge in [0.05, 0.1) is 12.2 Å². The van der Waals surface area contributed by atoms with Crippen molar-refractivity contribution in [3.05, 3.63) is 11.1 Å². The molecule has 34 heavy (non-hydrogen) atoms. The predicted molar refractivity (Wildman–Crippen MR) is 131 cm³/mol. The van der Waals surface area contributed by atoms with Crippen LogP contribution in [0.1, 0.15) is 79.1 Å². The maximum Gasteiger partial charge on any atom is 0.302 e. The van der Waals surface area contributed by atoms with E-state index >= 15 is 0 Å². The van der Waals surface area contributed by atoms with Crippen LogP contribution in [0, 0.1) is 46.8 Å². The van der Waals surface area contributed by atoms with Crippen LogP contribution < -0.4 is 0 Å². The van der Waals surface area contributed by atoms with E-state index in [9.17, 15) is 15.0 Å². The van der Waals surface area contributed by atoms with Crippen LogP contribution in [0.25, 0.3) is 0 Å². The Morgan fingerprint density at radius 1 is 1.03 bits per heavy atom. The molecule has 12 atom stereocenters. The summed E-state index contributed by atoms with van der Waals surface area (Å²) in [6.45, 7) is 11.0. The molecule has 2 aliphatic heterocycles. The van der Waals surface area contributed by atoms with Crippen molar-refractivity contribution in [3.63, 3.8) is 0 Å². The van der Waals surface area contributed by atoms with Crippen molar-refractivity contribution in [1.82, 2.24) is 4.90 Å². The van der Waals surface area contributed by atoms with Crippen molar-refractivity contribution in [2.24, 2.45) is 46.8 Å². The molecule has 4 fully saturated rings. The van der Waals surface area contributed by atoms with Crippen LogP contribution in [0.15, 0.2) is 11.1 Å². The molecule has 0 aromatic carbocycles. The largest absolute Gasteiger partial charge is 0.461 e. The van der Waals surface area contributed by atoms with Gasteiger partial charge in [-0.15, -0.1) is 0 Å². The quantitative estimate of drug-likeness (QED) is 0.444. The van der Waals surface area contributed by atoms with Gasteiger partial charge in [0.2, 0.25) is 0 Å². The minimum atomic E-state index is -0.294. The fourth-order valence-electron chi connectivity index (χ4n) is 10.3. The number of aliphatic hydroxyl groups is 2. The van der Waals surface area contributed by atoms with E-state index in [0.717, 1.165) is 45.2 Å². The summed E-state index contributed by atoms with van der Waals surface area (Å²) in [6, 6.07) is 0.366. The number of allylic oxidation sites excluding steroid dienone is 1. The van der Waals surface area contributed by atoms with Gasteiger partial charge in [0.25, 0.3) is 0 Å². The smallest absolute Gasteiger partial charge is 0.302 e. The molecular formula is C29H45NO4. The van der Waals surface area contributed by atoms with E-state index in [0.29, 0.717) is 41.5 Å². The van der Waals surface area contributed by atoms with Gasteiger partial charge in [0.1, 0.15) is 6.10 Å². The number of carbonyl (C=O) groups is 1. The summed E-state index contributed by atoms with van der Waals surface area (Å²) < 4.78 is 5.90. The standard InChI is InChI=1S/C29H45NO4/c1-15-9-27(34-17(3)31)28-16(2)19-5-6-20-21(23(19)14-30(28)13-15)11-24-22(20)12-26(33)25-10-18(32)7-8-29(24,25)4/h15-16,18-21,23,25-28,32-33H,5-14H2,1-4H3/t15-,16-,18+,19?,20?,21?,23?,25?,26-,27-,28?,29-/m1/s1. The summed E-state index contributed by atoms with van der Waals surface area (Å²) in [5.41, 5.74) is 3.37. The van der Waals surface area contributed by atoms with E-state index in [1.807, 2.05) is 0 Å². The highest BCUT2D eigenvalue weighted by atomic mass is 16.5. The van der Waals surface area contributed by atoms with Gasteiger partial charge in [-0.05, 0) is 98.2 Å². The van der Waals surface area contributed by atoms with E-state index in [4.69, 9.17) is 4.74 Å². The lowest BCUT2D eigenvalue weighted by atomic mass is 9.56. The Morgan fingerprint density at radius 3 is 2.59 bits per heavy atom. The van der Waals surface area contributed by atoms with Crippen molar-refractivity contribution in [2.75, 3.05) is 13.1 Å². The molecule has 6 unspecified atom stereocenters. The Morgan fingerprint density at radius 2 is 1.82 bits per heavy atom. The Balaban J connectivity index is 1.27. The van der Waals surface area contributed by atoms with Crippen LogP contribution in [0.4, 0.5) is 0 Å². The molecule has 4 aliphatic carbocycles. The maximum absolute atomic E-state index is 11.9. The van der Waals surface area contributed by atoms with E-state index in [2.05, 4.69) is 25.7 Å². The number of nitrogens with zero attached hydrogens (tertiary/aromatic N) is 1. The maximum atomic E-state index is 11.9. The van der Waals surface area contributed by atoms with Gasteiger partial charge in [-0.1, -0.05) is 31.9 Å². The van der Waals surface area contributed by atoms with Crippen LogP contribution in [0.3, 0.4) is 0 Å². The van der Waals surface area contributed by atoms with Crippen LogP contribution in [-0.4, -0.2) is 58.5 Å². The molecule has 190 valence electrons. The highest BCUT2D eigenvalue weighted by Gasteiger charge is 2.58. The number of ether oxygens (including phenoxy) is 1. The van der Waals surface area contributed by atoms with E-state index in [1.165, 1.54) is 19.3 Å². The molecule has 2 saturated heterocycles. The lowest BCUT2D eigenvalue weighted by Crippen LogP contribution is -2.63. The summed E-state index contributed by atoms with van der Waals surface area (Å²) in [6.07, 6.45) is 7.73. The number of esters is 1. The molecule has 2 N–H and O–H groups in total. The van der Waals surface area contributed by atoms with Crippen molar-refractivity contribution >= 4 is 5.97 Å². The fraction of sp³-hybridized carbons (Fsp3) is 0.897. The van der Waals surface area contributed by atoms with Crippen LogP contribution >= 0.6 is 0 Å². The van der Waals surface area contributed by atoms with Gasteiger partial charge < -0.3 is 14.9 Å². The molecule has 0 amide bonds. The molecule has 2 heterocycles. The second-order valence-corrected chi connectivity index (χ2v) is 13.4. The first kappa shape index (κ1) is 23.5. The molecule has 0 spiro atoms. The predicted octanol–water partition coefficient (Wildman–Crippen LogP) is 4.17. The van der Waals surface area contributed by atoms with Gasteiger partial charge in [0.15, 0.2) is 0 Å². The number of hydrogen-bond acceptors (Lipinski definition) is 5. The summed E-state index contributed by atoms with van der Waals surface area (Å²) >= 11 is 0. The second-order valence-electron chi connectivity index (χ2n) is 13.4. The first-order valence-corrected chi connectivity index (χ1v) is 14.2. The van der Waals surface area contributed by atoms with Crippen LogP contribution in [0.5, 0.6) is 0 Å². The first-order chi connectivity index (χ1) is 16.2. The van der Waals surface area contributed by atoms with Gasteiger partial charge in [0, 0.05) is 26.1 Å². The number of aliphatic hydroxyl groups excluding tert-OH is 2. The minimum Gasteiger partial charge on any atom is -0.461 e. The lowest BCUT2D eigenvalue weighted by Gasteiger charge is -2.57. The Labute approximate surface area is 205 Å². The van der Waals surface area contributed by atoms with Crippen molar-refractivity contribution in [3.8, 4) is 0 Å². The summed E-state index contributed by atoms with van der Waals surface area (Å²) in [5, 5.41) is 21.5. The molecule has 5 nitrogen and oxygen atoms in total. The molecular weight excluding hydrogens is 426 g/mol. The summed E-state index contributed by atoms with van der Waals surface area (Å²) in [4.78, 5) is 14.6. The third kappa shape index (κ3) is 3.47. The molecule has 0 radical (unpaired) electrons. The number of rotatable bonds is 1. The molecule has 6 rings (SSSR count). The lowest BCUT2D eigenvalue weighted by molar-refractivity contribution is -0.166. The van der Waals surface area contributed by atoms with Gasteiger partial charge in [-0.3, -0.25) is 9.69 Å². The Bertz CT molecular complexity index is 868. The van der Waals surface area contributed by atoms with E-state index in [1.54, 1.807) is 18.1 Å². The highest BCUT2D eigenvalue weighted by molar-refractivity contribution is 5.66. The molecule has 0 aromatic rings. The zero-order chi connectivity index (χ0) is 23.9. The van der Waals surface area contributed by atoms with Crippen molar-refractivity contribution in [2.45, 2.75) is 103 Å². The topological polar surface area (TPSA) is 70.0 Å². The Kier molecular flexibility index (Phi) is 5.74. The Hall–Kier alpha value is -0.910. The van der Waals surface area contributed by atoms with Gasteiger partial charge in [-0.25, -0.2) is 0 Å². The molecule has 0 aromatic heterocycles. The molecule has 6 aliphatic rings. The van der Waals surface area contributed by atoms with Crippen molar-refractivity contribution < 1.29 is 19.7 Å². The fourth-order valence-corrected chi connectivity index (χ4v) is 10.3. The SMILES string of the molecule is CC(=O)O[C@@H]1C[C@@H](C)CN2CC3C4CC5=C(C[C@@H](O)C6C[C@@H](O)CC[C@]56C)C4CCC3[C@@H](C)C12. The van der Waals surface area contributed by atoms with E-state index < -0.39 is 0 Å². The average molecular weight is 472 g/mol. The number of piperidine rings is 2. The number of hydrogen-bond donors (Lipinski definition) is 2. The van der Waals surface area contributed by atoms with Crippen molar-refractivity contribution in [1.29, 1.82) is 0 Å². The molecule has 2 saturated carbocycles. The van der Waals surface area contributed by atoms with E-state index in [-0.39, 0.29) is 35.6 Å². The normalized spacial score (nSPS) is 52.7. The average Bonchev–Trinajstić information content (AvgIpc) is 3.14. The van der Waals surface area contributed by atoms with Crippen LogP contribution in [0.2, 0.25) is 0 Å². The zero-order valence-electron chi connectivity index (χ0n) is 21.6. The second kappa shape index (κ2) is 8.31. The number of carbonyl (C=O) groups excluding carboxylic acids is 1. The third-order valence-corrected chi connectivity index (χ3v) is 11.6. The van der Waals surface area contributed by atoms with Gasteiger partial charge in [-0.2, -0.15) is 0 Å². The van der Waals surface area contributed by atoms with Gasteiger partial charge >= 0.3 is 5.97 Å². The molecule has 0 bridgehead atoms. The first-order valence-electron chi connectivity index (χ1n) is 14.2. The highest BCUT2D eigenvalue weighted by Crippen LogP contribution is 2.64. The monoisotopic (exact) mass is 471 g/mol. The third-order valence-electron chi connectivity index (χ3n) is 11.6. The zero-order valence-corrected chi connectivity index (χ0v) is 21.6. The molecule has 5 heteroatoms. The summed E-state index contributed by atoms with van der Waals surface area (Å²) in [5.74, 6) is 3.94.